The highest BCUT2D eigenvalue weighted by molar-refractivity contribution is 6.01. The minimum atomic E-state index is -0.295. The molecule has 0 fully saturated rings. The second kappa shape index (κ2) is 4.72. The summed E-state index contributed by atoms with van der Waals surface area (Å²) < 4.78 is 12.6. The quantitative estimate of drug-likeness (QED) is 0.452. The van der Waals surface area contributed by atoms with Gasteiger partial charge in [-0.3, -0.25) is 0 Å². The van der Waals surface area contributed by atoms with Crippen LogP contribution in [0.15, 0.2) is 29.4 Å². The van der Waals surface area contributed by atoms with Crippen molar-refractivity contribution in [2.75, 3.05) is 20.6 Å². The lowest BCUT2D eigenvalue weighted by atomic mass is 10.1. The highest BCUT2D eigenvalue weighted by Crippen LogP contribution is 2.04. The lowest BCUT2D eigenvalue weighted by Gasteiger charge is -2.10. The zero-order chi connectivity index (χ0) is 10.6. The molecule has 3 nitrogen and oxygen atoms in total. The number of hydrogen-bond donors (Lipinski definition) is 1. The van der Waals surface area contributed by atoms with Gasteiger partial charge in [0.15, 0.2) is 0 Å². The van der Waals surface area contributed by atoms with Gasteiger partial charge in [0.25, 0.3) is 0 Å². The molecule has 0 aliphatic heterocycles. The van der Waals surface area contributed by atoms with Crippen LogP contribution in [-0.2, 0) is 0 Å². The van der Waals surface area contributed by atoms with E-state index in [1.165, 1.54) is 12.1 Å². The Labute approximate surface area is 82.5 Å². The first kappa shape index (κ1) is 10.7. The van der Waals surface area contributed by atoms with Gasteiger partial charge in [0.1, 0.15) is 11.5 Å². The SMILES string of the molecule is CN(C)C/C(=N/O)c1ccc(F)cc1. The summed E-state index contributed by atoms with van der Waals surface area (Å²) in [5.74, 6) is -0.295. The molecule has 0 bridgehead atoms. The van der Waals surface area contributed by atoms with Crippen molar-refractivity contribution in [2.24, 2.45) is 5.16 Å². The maximum Gasteiger partial charge on any atom is 0.123 e. The van der Waals surface area contributed by atoms with Crippen LogP contribution in [0.3, 0.4) is 0 Å². The van der Waals surface area contributed by atoms with Gasteiger partial charge in [-0.2, -0.15) is 0 Å². The van der Waals surface area contributed by atoms with E-state index < -0.39 is 0 Å². The zero-order valence-corrected chi connectivity index (χ0v) is 8.24. The van der Waals surface area contributed by atoms with Crippen molar-refractivity contribution in [3.8, 4) is 0 Å². The summed E-state index contributed by atoms with van der Waals surface area (Å²) in [6, 6.07) is 5.87. The van der Waals surface area contributed by atoms with Crippen molar-refractivity contribution < 1.29 is 9.60 Å². The summed E-state index contributed by atoms with van der Waals surface area (Å²) in [5, 5.41) is 11.9. The van der Waals surface area contributed by atoms with Gasteiger partial charge in [-0.1, -0.05) is 17.3 Å². The molecule has 0 heterocycles. The predicted octanol–water partition coefficient (Wildman–Crippen LogP) is 1.57. The minimum Gasteiger partial charge on any atom is -0.411 e. The number of likely N-dealkylation sites (N-methyl/N-ethyl adjacent to an activating group) is 1. The Kier molecular flexibility index (Phi) is 3.59. The standard InChI is InChI=1S/C10H13FN2O/c1-13(2)7-10(12-14)8-3-5-9(11)6-4-8/h3-6,14H,7H2,1-2H3/b12-10-. The number of nitrogens with zero attached hydrogens (tertiary/aromatic N) is 2. The van der Waals surface area contributed by atoms with Crippen LogP contribution in [0.4, 0.5) is 4.39 Å². The van der Waals surface area contributed by atoms with E-state index in [0.29, 0.717) is 12.3 Å². The van der Waals surface area contributed by atoms with Crippen LogP contribution >= 0.6 is 0 Å². The van der Waals surface area contributed by atoms with Gasteiger partial charge in [0, 0.05) is 12.1 Å². The first-order valence-electron chi connectivity index (χ1n) is 4.25. The van der Waals surface area contributed by atoms with Crippen molar-refractivity contribution in [1.82, 2.24) is 4.90 Å². The fraction of sp³-hybridized carbons (Fsp3) is 0.300. The highest BCUT2D eigenvalue weighted by atomic mass is 19.1. The van der Waals surface area contributed by atoms with Crippen LogP contribution in [0.2, 0.25) is 0 Å². The molecule has 1 aromatic rings. The van der Waals surface area contributed by atoms with E-state index in [1.54, 1.807) is 12.1 Å². The van der Waals surface area contributed by atoms with E-state index in [9.17, 15) is 4.39 Å². The van der Waals surface area contributed by atoms with Crippen LogP contribution < -0.4 is 0 Å². The number of hydrogen-bond acceptors (Lipinski definition) is 3. The number of benzene rings is 1. The molecule has 0 radical (unpaired) electrons. The molecule has 0 saturated carbocycles. The predicted molar refractivity (Wildman–Crippen MR) is 53.3 cm³/mol. The fourth-order valence-corrected chi connectivity index (χ4v) is 1.12. The molecule has 0 aromatic heterocycles. The number of halogens is 1. The third kappa shape index (κ3) is 2.81. The molecule has 4 heteroatoms. The Morgan fingerprint density at radius 1 is 1.36 bits per heavy atom. The minimum absolute atomic E-state index is 0.295. The molecule has 1 N–H and O–H groups in total. The lowest BCUT2D eigenvalue weighted by molar-refractivity contribution is 0.315. The molecular formula is C10H13FN2O. The molecule has 0 aliphatic rings. The van der Waals surface area contributed by atoms with E-state index in [1.807, 2.05) is 19.0 Å². The van der Waals surface area contributed by atoms with Crippen LogP contribution in [0, 0.1) is 5.82 Å². The molecule has 0 spiro atoms. The average Bonchev–Trinajstić information content (AvgIpc) is 2.15. The van der Waals surface area contributed by atoms with Crippen molar-refractivity contribution >= 4 is 5.71 Å². The molecular weight excluding hydrogens is 183 g/mol. The van der Waals surface area contributed by atoms with Crippen LogP contribution in [0.25, 0.3) is 0 Å². The van der Waals surface area contributed by atoms with Gasteiger partial charge in [-0.25, -0.2) is 4.39 Å². The van der Waals surface area contributed by atoms with Gasteiger partial charge in [0.05, 0.1) is 0 Å². The highest BCUT2D eigenvalue weighted by Gasteiger charge is 2.05. The number of oxime groups is 1. The summed E-state index contributed by atoms with van der Waals surface area (Å²) >= 11 is 0. The van der Waals surface area contributed by atoms with E-state index in [-0.39, 0.29) is 5.82 Å². The van der Waals surface area contributed by atoms with Crippen molar-refractivity contribution in [3.05, 3.63) is 35.6 Å². The van der Waals surface area contributed by atoms with Crippen molar-refractivity contribution in [1.29, 1.82) is 0 Å². The monoisotopic (exact) mass is 196 g/mol. The van der Waals surface area contributed by atoms with E-state index in [4.69, 9.17) is 5.21 Å². The fourth-order valence-electron chi connectivity index (χ4n) is 1.12. The summed E-state index contributed by atoms with van der Waals surface area (Å²) in [7, 11) is 3.74. The molecule has 0 saturated heterocycles. The normalized spacial score (nSPS) is 12.1. The lowest BCUT2D eigenvalue weighted by Crippen LogP contribution is -2.22. The first-order chi connectivity index (χ1) is 6.63. The molecule has 0 atom stereocenters. The molecule has 1 aromatic carbocycles. The maximum absolute atomic E-state index is 12.6. The summed E-state index contributed by atoms with van der Waals surface area (Å²) in [6.07, 6.45) is 0. The Bertz CT molecular complexity index is 319. The van der Waals surface area contributed by atoms with Crippen molar-refractivity contribution in [2.45, 2.75) is 0 Å². The Morgan fingerprint density at radius 2 is 1.93 bits per heavy atom. The molecule has 14 heavy (non-hydrogen) atoms. The number of rotatable bonds is 3. The molecule has 1 rings (SSSR count). The molecule has 76 valence electrons. The summed E-state index contributed by atoms with van der Waals surface area (Å²) in [6.45, 7) is 0.516. The van der Waals surface area contributed by atoms with Crippen LogP contribution in [-0.4, -0.2) is 36.5 Å². The van der Waals surface area contributed by atoms with Crippen molar-refractivity contribution in [3.63, 3.8) is 0 Å². The van der Waals surface area contributed by atoms with E-state index in [0.717, 1.165) is 5.56 Å². The van der Waals surface area contributed by atoms with Gasteiger partial charge >= 0.3 is 0 Å². The topological polar surface area (TPSA) is 35.8 Å². The smallest absolute Gasteiger partial charge is 0.123 e. The van der Waals surface area contributed by atoms with Gasteiger partial charge in [0.2, 0.25) is 0 Å². The van der Waals surface area contributed by atoms with E-state index >= 15 is 0 Å². The second-order valence-corrected chi connectivity index (χ2v) is 3.29. The van der Waals surface area contributed by atoms with Gasteiger partial charge < -0.3 is 10.1 Å². The Balaban J connectivity index is 2.85. The molecule has 0 amide bonds. The third-order valence-corrected chi connectivity index (χ3v) is 1.76. The second-order valence-electron chi connectivity index (χ2n) is 3.29. The van der Waals surface area contributed by atoms with Crippen LogP contribution in [0.1, 0.15) is 5.56 Å². The molecule has 0 aliphatic carbocycles. The van der Waals surface area contributed by atoms with Gasteiger partial charge in [-0.05, 0) is 26.2 Å². The largest absolute Gasteiger partial charge is 0.411 e. The summed E-state index contributed by atoms with van der Waals surface area (Å²) in [4.78, 5) is 1.87. The molecule has 0 unspecified atom stereocenters. The Morgan fingerprint density at radius 3 is 2.36 bits per heavy atom. The van der Waals surface area contributed by atoms with Gasteiger partial charge in [-0.15, -0.1) is 0 Å². The maximum atomic E-state index is 12.6. The first-order valence-corrected chi connectivity index (χ1v) is 4.25. The van der Waals surface area contributed by atoms with E-state index in [2.05, 4.69) is 5.16 Å². The third-order valence-electron chi connectivity index (χ3n) is 1.76. The summed E-state index contributed by atoms with van der Waals surface area (Å²) in [5.41, 5.74) is 1.25. The Hall–Kier alpha value is -1.42. The van der Waals surface area contributed by atoms with Crippen LogP contribution in [0.5, 0.6) is 0 Å². The zero-order valence-electron chi connectivity index (χ0n) is 8.24. The average molecular weight is 196 g/mol.